The second-order valence-electron chi connectivity index (χ2n) is 4.85. The lowest BCUT2D eigenvalue weighted by atomic mass is 10.2. The minimum absolute atomic E-state index is 0.0684. The molecule has 114 valence electrons. The molecule has 1 unspecified atom stereocenters. The molecular weight excluding hydrogens is 286 g/mol. The van der Waals surface area contributed by atoms with Crippen LogP contribution in [0.15, 0.2) is 36.7 Å². The van der Waals surface area contributed by atoms with E-state index < -0.39 is 0 Å². The topological polar surface area (TPSA) is 39.1 Å². The first-order valence-electron chi connectivity index (χ1n) is 7.37. The van der Waals surface area contributed by atoms with Gasteiger partial charge in [0.1, 0.15) is 24.2 Å². The lowest BCUT2D eigenvalue weighted by Gasteiger charge is -2.19. The average molecular weight is 308 g/mol. The van der Waals surface area contributed by atoms with Crippen LogP contribution in [0.1, 0.15) is 32.1 Å². The van der Waals surface area contributed by atoms with Crippen LogP contribution in [-0.4, -0.2) is 22.7 Å². The van der Waals surface area contributed by atoms with Crippen molar-refractivity contribution in [1.82, 2.24) is 14.9 Å². The number of imidazole rings is 1. The van der Waals surface area contributed by atoms with Crippen molar-refractivity contribution in [3.63, 3.8) is 0 Å². The molecule has 0 saturated carbocycles. The summed E-state index contributed by atoms with van der Waals surface area (Å²) in [6.07, 6.45) is 4.90. The first-order chi connectivity index (χ1) is 10.2. The molecule has 2 rings (SSSR count). The van der Waals surface area contributed by atoms with Crippen molar-refractivity contribution in [2.45, 2.75) is 32.9 Å². The monoisotopic (exact) mass is 307 g/mol. The molecule has 2 aromatic rings. The number of aromatic nitrogens is 2. The predicted octanol–water partition coefficient (Wildman–Crippen LogP) is 3.68. The zero-order valence-corrected chi connectivity index (χ0v) is 13.3. The quantitative estimate of drug-likeness (QED) is 0.808. The fraction of sp³-hybridized carbons (Fsp3) is 0.438. The van der Waals surface area contributed by atoms with Gasteiger partial charge < -0.3 is 14.6 Å². The molecule has 0 aliphatic rings. The van der Waals surface area contributed by atoms with Crippen molar-refractivity contribution in [1.29, 1.82) is 0 Å². The average Bonchev–Trinajstić information content (AvgIpc) is 2.96. The number of rotatable bonds is 8. The molecule has 1 aromatic heterocycles. The van der Waals surface area contributed by atoms with Crippen LogP contribution in [0.3, 0.4) is 0 Å². The van der Waals surface area contributed by atoms with E-state index >= 15 is 0 Å². The van der Waals surface area contributed by atoms with E-state index in [4.69, 9.17) is 16.3 Å². The van der Waals surface area contributed by atoms with Gasteiger partial charge in [0.25, 0.3) is 0 Å². The molecule has 1 aromatic carbocycles. The van der Waals surface area contributed by atoms with Crippen molar-refractivity contribution in [2.24, 2.45) is 0 Å². The van der Waals surface area contributed by atoms with E-state index in [0.29, 0.717) is 11.6 Å². The van der Waals surface area contributed by atoms with E-state index in [1.807, 2.05) is 36.7 Å². The highest BCUT2D eigenvalue weighted by atomic mass is 35.5. The second kappa shape index (κ2) is 8.05. The van der Waals surface area contributed by atoms with E-state index in [1.165, 1.54) is 0 Å². The molecule has 0 fully saturated rings. The van der Waals surface area contributed by atoms with Gasteiger partial charge >= 0.3 is 0 Å². The van der Waals surface area contributed by atoms with E-state index in [0.717, 1.165) is 31.1 Å². The minimum Gasteiger partial charge on any atom is -0.491 e. The number of hydrogen-bond donors (Lipinski definition) is 1. The van der Waals surface area contributed by atoms with Gasteiger partial charge in [0.05, 0.1) is 0 Å². The predicted molar refractivity (Wildman–Crippen MR) is 85.9 cm³/mol. The molecule has 0 saturated heterocycles. The van der Waals surface area contributed by atoms with Crippen molar-refractivity contribution < 1.29 is 4.74 Å². The SMILES string of the molecule is CCCNC(COc1cccc(Cl)c1)c1nccn1CC. The molecule has 1 heterocycles. The van der Waals surface area contributed by atoms with Crippen molar-refractivity contribution in [3.05, 3.63) is 47.5 Å². The number of ether oxygens (including phenoxy) is 1. The molecule has 1 N–H and O–H groups in total. The molecule has 5 heteroatoms. The Morgan fingerprint density at radius 2 is 2.24 bits per heavy atom. The van der Waals surface area contributed by atoms with Crippen LogP contribution >= 0.6 is 11.6 Å². The minimum atomic E-state index is 0.0684. The van der Waals surface area contributed by atoms with E-state index in [-0.39, 0.29) is 6.04 Å². The van der Waals surface area contributed by atoms with E-state index in [9.17, 15) is 0 Å². The van der Waals surface area contributed by atoms with Gasteiger partial charge in [-0.25, -0.2) is 4.98 Å². The van der Waals surface area contributed by atoms with Gasteiger partial charge in [-0.05, 0) is 38.1 Å². The highest BCUT2D eigenvalue weighted by Gasteiger charge is 2.16. The van der Waals surface area contributed by atoms with E-state index in [2.05, 4.69) is 28.7 Å². The number of aryl methyl sites for hydroxylation is 1. The summed E-state index contributed by atoms with van der Waals surface area (Å²) in [6, 6.07) is 7.53. The molecule has 21 heavy (non-hydrogen) atoms. The summed E-state index contributed by atoms with van der Waals surface area (Å²) < 4.78 is 8.00. The maximum absolute atomic E-state index is 5.98. The number of halogens is 1. The lowest BCUT2D eigenvalue weighted by Crippen LogP contribution is -2.30. The largest absolute Gasteiger partial charge is 0.491 e. The highest BCUT2D eigenvalue weighted by molar-refractivity contribution is 6.30. The molecule has 0 aliphatic heterocycles. The summed E-state index contributed by atoms with van der Waals surface area (Å²) in [5, 5.41) is 4.17. The van der Waals surface area contributed by atoms with Crippen LogP contribution in [0.2, 0.25) is 5.02 Å². The van der Waals surface area contributed by atoms with Gasteiger partial charge in [0.15, 0.2) is 0 Å². The van der Waals surface area contributed by atoms with Crippen LogP contribution < -0.4 is 10.1 Å². The Hall–Kier alpha value is -1.52. The molecule has 0 spiro atoms. The van der Waals surface area contributed by atoms with Crippen LogP contribution in [0.25, 0.3) is 0 Å². The third kappa shape index (κ3) is 4.48. The Labute approximate surface area is 131 Å². The highest BCUT2D eigenvalue weighted by Crippen LogP contribution is 2.19. The van der Waals surface area contributed by atoms with Gasteiger partial charge in [0.2, 0.25) is 0 Å². The van der Waals surface area contributed by atoms with Crippen molar-refractivity contribution >= 4 is 11.6 Å². The molecule has 0 amide bonds. The number of nitrogens with one attached hydrogen (secondary N) is 1. The number of nitrogens with zero attached hydrogens (tertiary/aromatic N) is 2. The van der Waals surface area contributed by atoms with Crippen LogP contribution in [0.5, 0.6) is 5.75 Å². The molecule has 0 bridgehead atoms. The van der Waals surface area contributed by atoms with Gasteiger partial charge in [-0.2, -0.15) is 0 Å². The third-order valence-corrected chi connectivity index (χ3v) is 3.49. The van der Waals surface area contributed by atoms with Gasteiger partial charge in [0, 0.05) is 24.0 Å². The summed E-state index contributed by atoms with van der Waals surface area (Å²) in [5.74, 6) is 1.79. The van der Waals surface area contributed by atoms with Gasteiger partial charge in [-0.3, -0.25) is 0 Å². The maximum Gasteiger partial charge on any atom is 0.129 e. The summed E-state index contributed by atoms with van der Waals surface area (Å²) >= 11 is 5.98. The molecule has 1 atom stereocenters. The first kappa shape index (κ1) is 15.9. The molecule has 4 nitrogen and oxygen atoms in total. The second-order valence-corrected chi connectivity index (χ2v) is 5.28. The van der Waals surface area contributed by atoms with E-state index in [1.54, 1.807) is 0 Å². The third-order valence-electron chi connectivity index (χ3n) is 3.25. The van der Waals surface area contributed by atoms with Crippen LogP contribution in [-0.2, 0) is 6.54 Å². The standard InChI is InChI=1S/C16H22ClN3O/c1-3-8-18-15(16-19-9-10-20(16)4-2)12-21-14-7-5-6-13(17)11-14/h5-7,9-11,15,18H,3-4,8,12H2,1-2H3. The summed E-state index contributed by atoms with van der Waals surface area (Å²) in [4.78, 5) is 4.46. The zero-order chi connectivity index (χ0) is 15.1. The normalized spacial score (nSPS) is 12.3. The Morgan fingerprint density at radius 1 is 1.38 bits per heavy atom. The Kier molecular flexibility index (Phi) is 6.08. The fourth-order valence-electron chi connectivity index (χ4n) is 2.18. The van der Waals surface area contributed by atoms with Gasteiger partial charge in [-0.1, -0.05) is 24.6 Å². The van der Waals surface area contributed by atoms with Crippen molar-refractivity contribution in [2.75, 3.05) is 13.2 Å². The lowest BCUT2D eigenvalue weighted by molar-refractivity contribution is 0.257. The maximum atomic E-state index is 5.98. The zero-order valence-electron chi connectivity index (χ0n) is 12.6. The van der Waals surface area contributed by atoms with Crippen LogP contribution in [0, 0.1) is 0 Å². The van der Waals surface area contributed by atoms with Crippen molar-refractivity contribution in [3.8, 4) is 5.75 Å². The Bertz CT molecular complexity index is 556. The summed E-state index contributed by atoms with van der Waals surface area (Å²) in [7, 11) is 0. The van der Waals surface area contributed by atoms with Gasteiger partial charge in [-0.15, -0.1) is 0 Å². The molecule has 0 radical (unpaired) electrons. The Balaban J connectivity index is 2.06. The summed E-state index contributed by atoms with van der Waals surface area (Å²) in [5.41, 5.74) is 0. The smallest absolute Gasteiger partial charge is 0.129 e. The molecular formula is C16H22ClN3O. The fourth-order valence-corrected chi connectivity index (χ4v) is 2.36. The number of hydrogen-bond acceptors (Lipinski definition) is 3. The van der Waals surface area contributed by atoms with Crippen LogP contribution in [0.4, 0.5) is 0 Å². The summed E-state index contributed by atoms with van der Waals surface area (Å²) in [6.45, 7) is 6.61. The Morgan fingerprint density at radius 3 is 2.95 bits per heavy atom. The molecule has 0 aliphatic carbocycles. The number of benzene rings is 1. The first-order valence-corrected chi connectivity index (χ1v) is 7.75.